The number of rotatable bonds is 5. The van der Waals surface area contributed by atoms with Crippen molar-refractivity contribution >= 4 is 35.3 Å². The fraction of sp³-hybridized carbons (Fsp3) is 0.364. The number of ether oxygens (including phenoxy) is 1. The van der Waals surface area contributed by atoms with Crippen molar-refractivity contribution in [3.8, 4) is 0 Å². The Morgan fingerprint density at radius 3 is 2.56 bits per heavy atom. The van der Waals surface area contributed by atoms with E-state index < -0.39 is 6.09 Å². The van der Waals surface area contributed by atoms with Crippen LogP contribution in [0.25, 0.3) is 0 Å². The van der Waals surface area contributed by atoms with Crippen molar-refractivity contribution < 1.29 is 9.53 Å². The second-order valence-corrected chi connectivity index (χ2v) is 4.85. The van der Waals surface area contributed by atoms with E-state index in [-0.39, 0.29) is 0 Å². The molecule has 0 aliphatic heterocycles. The van der Waals surface area contributed by atoms with Crippen LogP contribution in [0.5, 0.6) is 0 Å². The summed E-state index contributed by atoms with van der Waals surface area (Å²) in [5.41, 5.74) is 0.756. The quantitative estimate of drug-likeness (QED) is 0.648. The number of hydrogen-bond acceptors (Lipinski definition) is 4. The van der Waals surface area contributed by atoms with Gasteiger partial charge in [0.1, 0.15) is 6.61 Å². The molecule has 0 aliphatic rings. The molecule has 1 aromatic rings. The van der Waals surface area contributed by atoms with Crippen LogP contribution < -0.4 is 5.32 Å². The molecule has 16 heavy (non-hydrogen) atoms. The number of nitrogens with one attached hydrogen (secondary N) is 1. The first-order chi connectivity index (χ1) is 7.76. The molecule has 0 saturated carbocycles. The van der Waals surface area contributed by atoms with Crippen molar-refractivity contribution in [2.45, 2.75) is 4.90 Å². The zero-order valence-electron chi connectivity index (χ0n) is 9.36. The fourth-order valence-electron chi connectivity index (χ4n) is 1.05. The van der Waals surface area contributed by atoms with Gasteiger partial charge in [0.15, 0.2) is 0 Å². The topological polar surface area (TPSA) is 38.3 Å². The highest BCUT2D eigenvalue weighted by molar-refractivity contribution is 7.98. The van der Waals surface area contributed by atoms with E-state index >= 15 is 0 Å². The number of carbonyl (C=O) groups is 1. The van der Waals surface area contributed by atoms with E-state index in [0.717, 1.165) is 11.4 Å². The summed E-state index contributed by atoms with van der Waals surface area (Å²) in [4.78, 5) is 12.5. The average molecular weight is 257 g/mol. The minimum atomic E-state index is -0.397. The molecular weight excluding hydrogens is 242 g/mol. The Balaban J connectivity index is 2.37. The third-order valence-electron chi connectivity index (χ3n) is 1.86. The standard InChI is InChI=1S/C11H15NO2S2/c1-15-8-7-14-11(13)12-9-3-5-10(16-2)6-4-9/h3-6H,7-8H2,1-2H3,(H,12,13). The summed E-state index contributed by atoms with van der Waals surface area (Å²) in [6.45, 7) is 0.440. The summed E-state index contributed by atoms with van der Waals surface area (Å²) in [5.74, 6) is 0.818. The number of thioether (sulfide) groups is 2. The van der Waals surface area contributed by atoms with Gasteiger partial charge in [-0.2, -0.15) is 11.8 Å². The van der Waals surface area contributed by atoms with Gasteiger partial charge in [-0.3, -0.25) is 5.32 Å². The van der Waals surface area contributed by atoms with E-state index in [0.29, 0.717) is 6.61 Å². The average Bonchev–Trinajstić information content (AvgIpc) is 2.30. The summed E-state index contributed by atoms with van der Waals surface area (Å²) in [5, 5.41) is 2.67. The Morgan fingerprint density at radius 1 is 1.31 bits per heavy atom. The zero-order valence-corrected chi connectivity index (χ0v) is 11.0. The lowest BCUT2D eigenvalue weighted by molar-refractivity contribution is 0.169. The van der Waals surface area contributed by atoms with Gasteiger partial charge in [0.05, 0.1) is 0 Å². The molecule has 0 aromatic heterocycles. The van der Waals surface area contributed by atoms with E-state index in [1.165, 1.54) is 4.90 Å². The molecule has 0 saturated heterocycles. The van der Waals surface area contributed by atoms with Gasteiger partial charge in [-0.05, 0) is 36.8 Å². The lowest BCUT2D eigenvalue weighted by atomic mass is 10.3. The maximum atomic E-state index is 11.3. The Kier molecular flexibility index (Phi) is 6.18. The van der Waals surface area contributed by atoms with Gasteiger partial charge in [0.25, 0.3) is 0 Å². The van der Waals surface area contributed by atoms with Crippen LogP contribution in [0, 0.1) is 0 Å². The molecule has 0 radical (unpaired) electrons. The number of anilines is 1. The summed E-state index contributed by atoms with van der Waals surface area (Å²) < 4.78 is 4.97. The van der Waals surface area contributed by atoms with Crippen molar-refractivity contribution in [1.29, 1.82) is 0 Å². The van der Waals surface area contributed by atoms with Crippen molar-refractivity contribution in [3.63, 3.8) is 0 Å². The molecule has 3 nitrogen and oxygen atoms in total. The van der Waals surface area contributed by atoms with Gasteiger partial charge in [0, 0.05) is 16.3 Å². The number of amides is 1. The number of hydrogen-bond donors (Lipinski definition) is 1. The summed E-state index contributed by atoms with van der Waals surface area (Å²) in [6.07, 6.45) is 3.59. The molecular formula is C11H15NO2S2. The summed E-state index contributed by atoms with van der Waals surface area (Å²) in [6, 6.07) is 7.65. The molecule has 1 N–H and O–H groups in total. The SMILES string of the molecule is CSCCOC(=O)Nc1ccc(SC)cc1. The fourth-order valence-corrected chi connectivity index (χ4v) is 1.70. The molecule has 0 bridgehead atoms. The molecule has 5 heteroatoms. The third kappa shape index (κ3) is 4.81. The lowest BCUT2D eigenvalue weighted by Crippen LogP contribution is -2.15. The minimum Gasteiger partial charge on any atom is -0.448 e. The van der Waals surface area contributed by atoms with Crippen molar-refractivity contribution in [2.75, 3.05) is 30.2 Å². The largest absolute Gasteiger partial charge is 0.448 e. The third-order valence-corrected chi connectivity index (χ3v) is 3.18. The Bertz CT molecular complexity index is 327. The first kappa shape index (κ1) is 13.3. The maximum Gasteiger partial charge on any atom is 0.411 e. The smallest absolute Gasteiger partial charge is 0.411 e. The van der Waals surface area contributed by atoms with Crippen molar-refractivity contribution in [3.05, 3.63) is 24.3 Å². The van der Waals surface area contributed by atoms with Gasteiger partial charge in [-0.15, -0.1) is 11.8 Å². The molecule has 0 atom stereocenters. The molecule has 1 amide bonds. The van der Waals surface area contributed by atoms with Crippen LogP contribution in [0.4, 0.5) is 10.5 Å². The van der Waals surface area contributed by atoms with E-state index in [4.69, 9.17) is 4.74 Å². The van der Waals surface area contributed by atoms with Gasteiger partial charge in [0.2, 0.25) is 0 Å². The predicted molar refractivity (Wildman–Crippen MR) is 71.6 cm³/mol. The highest BCUT2D eigenvalue weighted by Crippen LogP contribution is 2.17. The van der Waals surface area contributed by atoms with Crippen molar-refractivity contribution in [2.24, 2.45) is 0 Å². The number of benzene rings is 1. The van der Waals surface area contributed by atoms with Gasteiger partial charge in [-0.25, -0.2) is 4.79 Å². The first-order valence-corrected chi connectivity index (χ1v) is 7.45. The van der Waals surface area contributed by atoms with Crippen LogP contribution in [0.2, 0.25) is 0 Å². The Hall–Kier alpha value is -0.810. The van der Waals surface area contributed by atoms with Gasteiger partial charge >= 0.3 is 6.09 Å². The Morgan fingerprint density at radius 2 is 2.00 bits per heavy atom. The summed E-state index contributed by atoms with van der Waals surface area (Å²) >= 11 is 3.31. The van der Waals surface area contributed by atoms with E-state index in [1.54, 1.807) is 23.5 Å². The molecule has 0 aliphatic carbocycles. The van der Waals surface area contributed by atoms with Crippen LogP contribution in [-0.2, 0) is 4.74 Å². The second kappa shape index (κ2) is 7.46. The van der Waals surface area contributed by atoms with Gasteiger partial charge in [-0.1, -0.05) is 0 Å². The highest BCUT2D eigenvalue weighted by Gasteiger charge is 2.02. The normalized spacial score (nSPS) is 9.88. The van der Waals surface area contributed by atoms with E-state index in [1.807, 2.05) is 36.8 Å². The monoisotopic (exact) mass is 257 g/mol. The van der Waals surface area contributed by atoms with Crippen LogP contribution >= 0.6 is 23.5 Å². The first-order valence-electron chi connectivity index (χ1n) is 4.83. The minimum absolute atomic E-state index is 0.397. The van der Waals surface area contributed by atoms with Crippen LogP contribution in [0.15, 0.2) is 29.2 Å². The zero-order chi connectivity index (χ0) is 11.8. The van der Waals surface area contributed by atoms with E-state index in [9.17, 15) is 4.79 Å². The molecule has 0 spiro atoms. The second-order valence-electron chi connectivity index (χ2n) is 2.98. The molecule has 0 fully saturated rings. The lowest BCUT2D eigenvalue weighted by Gasteiger charge is -2.06. The van der Waals surface area contributed by atoms with E-state index in [2.05, 4.69) is 5.32 Å². The molecule has 0 unspecified atom stereocenters. The molecule has 88 valence electrons. The number of carbonyl (C=O) groups excluding carboxylic acids is 1. The summed E-state index contributed by atoms with van der Waals surface area (Å²) in [7, 11) is 0. The van der Waals surface area contributed by atoms with Crippen LogP contribution in [0.3, 0.4) is 0 Å². The molecule has 0 heterocycles. The highest BCUT2D eigenvalue weighted by atomic mass is 32.2. The molecule has 1 aromatic carbocycles. The molecule has 1 rings (SSSR count). The predicted octanol–water partition coefficient (Wildman–Crippen LogP) is 3.32. The van der Waals surface area contributed by atoms with Crippen LogP contribution in [0.1, 0.15) is 0 Å². The van der Waals surface area contributed by atoms with Crippen molar-refractivity contribution in [1.82, 2.24) is 0 Å². The Labute approximate surface area is 104 Å². The van der Waals surface area contributed by atoms with Gasteiger partial charge < -0.3 is 4.74 Å². The van der Waals surface area contributed by atoms with Crippen LogP contribution in [-0.4, -0.2) is 31.0 Å². The maximum absolute atomic E-state index is 11.3.